The largest absolute Gasteiger partial charge is 0.462 e. The zero-order valence-electron chi connectivity index (χ0n) is 13.4. The molecule has 0 radical (unpaired) electrons. The molecule has 0 heterocycles. The molecule has 2 rings (SSSR count). The Balaban J connectivity index is 1.97. The summed E-state index contributed by atoms with van der Waals surface area (Å²) in [5, 5.41) is 0. The summed E-state index contributed by atoms with van der Waals surface area (Å²) in [7, 11) is 0. The second kappa shape index (κ2) is 8.88. The number of hydrogen-bond donors (Lipinski definition) is 0. The molecule has 0 aliphatic heterocycles. The number of esters is 2. The maximum atomic E-state index is 11.1. The minimum absolute atomic E-state index is 0.452. The lowest BCUT2D eigenvalue weighted by molar-refractivity contribution is -0.132. The Morgan fingerprint density at radius 1 is 0.720 bits per heavy atom. The summed E-state index contributed by atoms with van der Waals surface area (Å²) in [5.41, 5.74) is 1.93. The monoisotopic (exact) mass is 336 g/mol. The minimum atomic E-state index is -0.558. The molecule has 0 unspecified atom stereocenters. The van der Waals surface area contributed by atoms with Gasteiger partial charge in [0.1, 0.15) is 24.0 Å². The molecular formula is C20H16O5. The molecule has 0 atom stereocenters. The van der Waals surface area contributed by atoms with Gasteiger partial charge in [-0.3, -0.25) is 0 Å². The van der Waals surface area contributed by atoms with Gasteiger partial charge in [0.15, 0.2) is 0 Å². The Labute approximate surface area is 145 Å². The van der Waals surface area contributed by atoms with Gasteiger partial charge in [0, 0.05) is 12.2 Å². The number of carbonyl (C=O) groups is 2. The van der Waals surface area contributed by atoms with Gasteiger partial charge in [-0.15, -0.1) is 0 Å². The summed E-state index contributed by atoms with van der Waals surface area (Å²) >= 11 is 0. The van der Waals surface area contributed by atoms with Gasteiger partial charge in [-0.25, -0.2) is 9.59 Å². The van der Waals surface area contributed by atoms with E-state index in [-0.39, 0.29) is 0 Å². The maximum Gasteiger partial charge on any atom is 0.335 e. The van der Waals surface area contributed by atoms with Gasteiger partial charge in [0.05, 0.1) is 0 Å². The van der Waals surface area contributed by atoms with Crippen LogP contribution in [0.25, 0.3) is 11.1 Å². The normalized spacial score (nSPS) is 10.1. The molecular weight excluding hydrogens is 320 g/mol. The Bertz CT molecular complexity index is 786. The van der Waals surface area contributed by atoms with E-state index in [1.54, 1.807) is 24.3 Å². The van der Waals surface area contributed by atoms with Crippen LogP contribution in [0.1, 0.15) is 0 Å². The van der Waals surface area contributed by atoms with Crippen LogP contribution in [0.5, 0.6) is 11.5 Å². The molecule has 0 bridgehead atoms. The predicted molar refractivity (Wildman–Crippen MR) is 93.8 cm³/mol. The van der Waals surface area contributed by atoms with Gasteiger partial charge in [0.2, 0.25) is 0 Å². The smallest absolute Gasteiger partial charge is 0.335 e. The van der Waals surface area contributed by atoms with Crippen LogP contribution in [0, 0.1) is 0 Å². The van der Waals surface area contributed by atoms with Crippen molar-refractivity contribution < 1.29 is 23.8 Å². The summed E-state index contributed by atoms with van der Waals surface area (Å²) in [6.45, 7) is 6.63. The van der Waals surface area contributed by atoms with Crippen LogP contribution in [0.4, 0.5) is 0 Å². The van der Waals surface area contributed by atoms with E-state index < -0.39 is 11.9 Å². The van der Waals surface area contributed by atoms with Crippen molar-refractivity contribution in [1.29, 1.82) is 0 Å². The summed E-state index contributed by atoms with van der Waals surface area (Å²) in [5.74, 6) is -0.0162. The summed E-state index contributed by atoms with van der Waals surface area (Å²) < 4.78 is 15.0. The lowest BCUT2D eigenvalue weighted by Crippen LogP contribution is -2.02. The minimum Gasteiger partial charge on any atom is -0.462 e. The third-order valence-corrected chi connectivity index (χ3v) is 3.04. The highest BCUT2D eigenvalue weighted by atomic mass is 16.5. The van der Waals surface area contributed by atoms with Crippen molar-refractivity contribution in [3.05, 3.63) is 86.4 Å². The van der Waals surface area contributed by atoms with Crippen molar-refractivity contribution in [3.63, 3.8) is 0 Å². The third-order valence-electron chi connectivity index (χ3n) is 3.04. The van der Waals surface area contributed by atoms with Crippen LogP contribution < -0.4 is 9.47 Å². The highest BCUT2D eigenvalue weighted by Gasteiger charge is 2.02. The molecule has 2 aromatic rings. The van der Waals surface area contributed by atoms with E-state index >= 15 is 0 Å². The fraction of sp³-hybridized carbons (Fsp3) is 0. The molecule has 0 amide bonds. The van der Waals surface area contributed by atoms with Crippen LogP contribution in [0.15, 0.2) is 86.4 Å². The first-order chi connectivity index (χ1) is 12.1. The number of carbonyl (C=O) groups excluding carboxylic acids is 2. The first kappa shape index (κ1) is 17.7. The molecule has 2 aromatic carbocycles. The van der Waals surface area contributed by atoms with E-state index in [9.17, 15) is 9.59 Å². The second-order valence-electron chi connectivity index (χ2n) is 4.71. The molecule has 0 aromatic heterocycles. The molecule has 5 heteroatoms. The fourth-order valence-corrected chi connectivity index (χ4v) is 1.85. The van der Waals surface area contributed by atoms with Gasteiger partial charge in [0.25, 0.3) is 0 Å². The fourth-order valence-electron chi connectivity index (χ4n) is 1.85. The first-order valence-electron chi connectivity index (χ1n) is 7.32. The van der Waals surface area contributed by atoms with Crippen molar-refractivity contribution in [2.75, 3.05) is 0 Å². The number of benzene rings is 2. The number of hydrogen-bond acceptors (Lipinski definition) is 5. The highest BCUT2D eigenvalue weighted by molar-refractivity contribution is 5.83. The lowest BCUT2D eigenvalue weighted by atomic mass is 10.1. The molecule has 126 valence electrons. The average molecular weight is 336 g/mol. The van der Waals surface area contributed by atoms with E-state index in [2.05, 4.69) is 17.9 Å². The zero-order chi connectivity index (χ0) is 18.1. The van der Waals surface area contributed by atoms with Crippen LogP contribution in [0.2, 0.25) is 0 Å². The standard InChI is InChI=1S/C20H16O5/c1-3-19(21)24-14-13-23-17-9-5-15(6-10-17)16-7-11-18(12-8-16)25-20(22)4-2/h3-14H,1-2H2/b14-13-. The average Bonchev–Trinajstić information content (AvgIpc) is 2.66. The molecule has 0 fully saturated rings. The van der Waals surface area contributed by atoms with Crippen LogP contribution in [0.3, 0.4) is 0 Å². The van der Waals surface area contributed by atoms with E-state index in [1.807, 2.05) is 24.3 Å². The van der Waals surface area contributed by atoms with E-state index in [4.69, 9.17) is 9.47 Å². The number of ether oxygens (including phenoxy) is 3. The van der Waals surface area contributed by atoms with E-state index in [1.165, 1.54) is 6.26 Å². The second-order valence-corrected chi connectivity index (χ2v) is 4.71. The Hall–Kier alpha value is -3.60. The van der Waals surface area contributed by atoms with Gasteiger partial charge >= 0.3 is 11.9 Å². The summed E-state index contributed by atoms with van der Waals surface area (Å²) in [4.78, 5) is 22.0. The molecule has 5 nitrogen and oxygen atoms in total. The van der Waals surface area contributed by atoms with Crippen molar-refractivity contribution in [1.82, 2.24) is 0 Å². The first-order valence-corrected chi connectivity index (χ1v) is 7.32. The van der Waals surface area contributed by atoms with Crippen LogP contribution in [-0.2, 0) is 14.3 Å². The molecule has 25 heavy (non-hydrogen) atoms. The highest BCUT2D eigenvalue weighted by Crippen LogP contribution is 2.24. The van der Waals surface area contributed by atoms with E-state index in [0.29, 0.717) is 11.5 Å². The molecule has 0 N–H and O–H groups in total. The molecule has 0 aliphatic carbocycles. The van der Waals surface area contributed by atoms with Gasteiger partial charge in [-0.05, 0) is 35.4 Å². The van der Waals surface area contributed by atoms with Gasteiger partial charge < -0.3 is 14.2 Å². The maximum absolute atomic E-state index is 11.1. The van der Waals surface area contributed by atoms with Gasteiger partial charge in [-0.1, -0.05) is 37.4 Å². The lowest BCUT2D eigenvalue weighted by Gasteiger charge is -2.06. The third kappa shape index (κ3) is 5.51. The van der Waals surface area contributed by atoms with Crippen LogP contribution in [-0.4, -0.2) is 11.9 Å². The Morgan fingerprint density at radius 3 is 1.76 bits per heavy atom. The number of rotatable bonds is 7. The Morgan fingerprint density at radius 2 is 1.24 bits per heavy atom. The molecule has 0 saturated heterocycles. The SMILES string of the molecule is C=CC(=O)O/C=C\Oc1ccc(-c2ccc(OC(=O)C=C)cc2)cc1. The van der Waals surface area contributed by atoms with Crippen molar-refractivity contribution >= 4 is 11.9 Å². The van der Waals surface area contributed by atoms with Crippen molar-refractivity contribution in [2.24, 2.45) is 0 Å². The topological polar surface area (TPSA) is 61.8 Å². The summed E-state index contributed by atoms with van der Waals surface area (Å²) in [6, 6.07) is 14.4. The van der Waals surface area contributed by atoms with Gasteiger partial charge in [-0.2, -0.15) is 0 Å². The Kier molecular flexibility index (Phi) is 6.31. The van der Waals surface area contributed by atoms with Crippen molar-refractivity contribution in [2.45, 2.75) is 0 Å². The predicted octanol–water partition coefficient (Wildman–Crippen LogP) is 4.02. The molecule has 0 saturated carbocycles. The molecule has 0 spiro atoms. The van der Waals surface area contributed by atoms with Crippen molar-refractivity contribution in [3.8, 4) is 22.6 Å². The van der Waals surface area contributed by atoms with E-state index in [0.717, 1.165) is 29.5 Å². The summed E-state index contributed by atoms with van der Waals surface area (Å²) in [6.07, 6.45) is 4.57. The quantitative estimate of drug-likeness (QED) is 0.331. The van der Waals surface area contributed by atoms with Crippen LogP contribution >= 0.6 is 0 Å². The molecule has 0 aliphatic rings. The zero-order valence-corrected chi connectivity index (χ0v) is 13.4.